The molecule has 140 valence electrons. The van der Waals surface area contributed by atoms with Gasteiger partial charge in [0.05, 0.1) is 18.2 Å². The van der Waals surface area contributed by atoms with Crippen molar-refractivity contribution in [2.75, 3.05) is 32.0 Å². The molecule has 1 aromatic carbocycles. The molecular formula is C17H25ClN2O4S. The summed E-state index contributed by atoms with van der Waals surface area (Å²) in [6, 6.07) is 7.01. The molecule has 25 heavy (non-hydrogen) atoms. The van der Waals surface area contributed by atoms with E-state index < -0.39 is 10.0 Å². The molecule has 0 spiro atoms. The van der Waals surface area contributed by atoms with E-state index in [-0.39, 0.29) is 24.1 Å². The van der Waals surface area contributed by atoms with Crippen molar-refractivity contribution in [3.8, 4) is 5.75 Å². The number of ether oxygens (including phenoxy) is 1. The molecule has 6 nitrogen and oxygen atoms in total. The maximum Gasteiger partial charge on any atom is 0.224 e. The Balaban J connectivity index is 1.75. The summed E-state index contributed by atoms with van der Waals surface area (Å²) in [7, 11) is -3.25. The Bertz CT molecular complexity index is 664. The number of rotatable bonds is 8. The summed E-state index contributed by atoms with van der Waals surface area (Å²) in [5.41, 5.74) is 0. The van der Waals surface area contributed by atoms with E-state index in [0.29, 0.717) is 49.7 Å². The van der Waals surface area contributed by atoms with Crippen LogP contribution in [0.15, 0.2) is 24.3 Å². The normalized spacial score (nSPS) is 18.7. The number of hydrogen-bond donors (Lipinski definition) is 1. The highest BCUT2D eigenvalue weighted by molar-refractivity contribution is 7.89. The lowest BCUT2D eigenvalue weighted by atomic mass is 9.99. The summed E-state index contributed by atoms with van der Waals surface area (Å²) in [6.45, 7) is 3.34. The van der Waals surface area contributed by atoms with Gasteiger partial charge >= 0.3 is 0 Å². The molecule has 0 radical (unpaired) electrons. The standard InChI is InChI=1S/C17H25ClN2O4S/c1-2-12-25(22,23)20-10-3-4-14(13-20)17(21)19-9-11-24-16-7-5-15(18)6-8-16/h5-8,14H,2-4,9-13H2,1H3,(H,19,21)/t14-/m0/s1. The van der Waals surface area contributed by atoms with E-state index in [1.165, 1.54) is 4.31 Å². The van der Waals surface area contributed by atoms with Crippen molar-refractivity contribution in [3.05, 3.63) is 29.3 Å². The molecule has 0 aliphatic carbocycles. The van der Waals surface area contributed by atoms with Crippen molar-refractivity contribution >= 4 is 27.5 Å². The molecule has 0 bridgehead atoms. The van der Waals surface area contributed by atoms with Crippen LogP contribution in [0.5, 0.6) is 5.75 Å². The minimum Gasteiger partial charge on any atom is -0.492 e. The van der Waals surface area contributed by atoms with E-state index in [1.807, 2.05) is 6.92 Å². The predicted octanol–water partition coefficient (Wildman–Crippen LogP) is 2.29. The van der Waals surface area contributed by atoms with Crippen molar-refractivity contribution in [3.63, 3.8) is 0 Å². The highest BCUT2D eigenvalue weighted by atomic mass is 35.5. The minimum atomic E-state index is -3.25. The molecule has 0 unspecified atom stereocenters. The number of carbonyl (C=O) groups excluding carboxylic acids is 1. The molecule has 1 amide bonds. The smallest absolute Gasteiger partial charge is 0.224 e. The molecule has 1 atom stereocenters. The van der Waals surface area contributed by atoms with Crippen LogP contribution < -0.4 is 10.1 Å². The van der Waals surface area contributed by atoms with E-state index in [4.69, 9.17) is 16.3 Å². The number of nitrogens with zero attached hydrogens (tertiary/aromatic N) is 1. The van der Waals surface area contributed by atoms with Gasteiger partial charge in [-0.3, -0.25) is 4.79 Å². The van der Waals surface area contributed by atoms with Gasteiger partial charge in [-0.2, -0.15) is 0 Å². The fourth-order valence-electron chi connectivity index (χ4n) is 2.81. The van der Waals surface area contributed by atoms with Gasteiger partial charge in [0, 0.05) is 18.1 Å². The molecule has 2 rings (SSSR count). The fraction of sp³-hybridized carbons (Fsp3) is 0.588. The SMILES string of the molecule is CCCS(=O)(=O)N1CCC[C@H](C(=O)NCCOc2ccc(Cl)cc2)C1. The molecular weight excluding hydrogens is 364 g/mol. The fourth-order valence-corrected chi connectivity index (χ4v) is 4.53. The number of benzene rings is 1. The van der Waals surface area contributed by atoms with Crippen molar-refractivity contribution in [2.24, 2.45) is 5.92 Å². The van der Waals surface area contributed by atoms with Crippen LogP contribution in [0.1, 0.15) is 26.2 Å². The first kappa shape index (κ1) is 20.0. The van der Waals surface area contributed by atoms with Gasteiger partial charge in [-0.1, -0.05) is 18.5 Å². The zero-order chi connectivity index (χ0) is 18.3. The second-order valence-corrected chi connectivity index (χ2v) is 8.63. The van der Waals surface area contributed by atoms with Gasteiger partial charge in [-0.15, -0.1) is 0 Å². The maximum atomic E-state index is 12.3. The van der Waals surface area contributed by atoms with E-state index >= 15 is 0 Å². The van der Waals surface area contributed by atoms with E-state index in [1.54, 1.807) is 24.3 Å². The van der Waals surface area contributed by atoms with Crippen molar-refractivity contribution in [1.82, 2.24) is 9.62 Å². The average Bonchev–Trinajstić information content (AvgIpc) is 2.60. The van der Waals surface area contributed by atoms with E-state index in [9.17, 15) is 13.2 Å². The first-order valence-corrected chi connectivity index (χ1v) is 10.5. The quantitative estimate of drug-likeness (QED) is 0.693. The van der Waals surface area contributed by atoms with Gasteiger partial charge in [-0.25, -0.2) is 12.7 Å². The molecule has 1 aliphatic heterocycles. The zero-order valence-electron chi connectivity index (χ0n) is 14.4. The van der Waals surface area contributed by atoms with Gasteiger partial charge in [-0.05, 0) is 43.5 Å². The lowest BCUT2D eigenvalue weighted by molar-refractivity contribution is -0.126. The lowest BCUT2D eigenvalue weighted by Crippen LogP contribution is -2.46. The van der Waals surface area contributed by atoms with Gasteiger partial charge < -0.3 is 10.1 Å². The number of hydrogen-bond acceptors (Lipinski definition) is 4. The Kier molecular flexibility index (Phi) is 7.53. The Morgan fingerprint density at radius 3 is 2.76 bits per heavy atom. The van der Waals surface area contributed by atoms with Crippen molar-refractivity contribution in [1.29, 1.82) is 0 Å². The second-order valence-electron chi connectivity index (χ2n) is 6.11. The van der Waals surface area contributed by atoms with Crippen LogP contribution in [0.3, 0.4) is 0 Å². The second kappa shape index (κ2) is 9.40. The number of halogens is 1. The zero-order valence-corrected chi connectivity index (χ0v) is 16.0. The third-order valence-electron chi connectivity index (χ3n) is 4.09. The Hall–Kier alpha value is -1.31. The summed E-state index contributed by atoms with van der Waals surface area (Å²) in [5.74, 6) is 0.413. The maximum absolute atomic E-state index is 12.3. The molecule has 1 aromatic rings. The van der Waals surface area contributed by atoms with Gasteiger partial charge in [0.15, 0.2) is 0 Å². The number of nitrogens with one attached hydrogen (secondary N) is 1. The molecule has 1 aliphatic rings. The van der Waals surface area contributed by atoms with Crippen molar-refractivity contribution in [2.45, 2.75) is 26.2 Å². The van der Waals surface area contributed by atoms with Gasteiger partial charge in [0.25, 0.3) is 0 Å². The molecule has 8 heteroatoms. The highest BCUT2D eigenvalue weighted by Gasteiger charge is 2.31. The summed E-state index contributed by atoms with van der Waals surface area (Å²) < 4.78 is 31.3. The van der Waals surface area contributed by atoms with Crippen LogP contribution in [0.2, 0.25) is 5.02 Å². The summed E-state index contributed by atoms with van der Waals surface area (Å²) >= 11 is 5.80. The third-order valence-corrected chi connectivity index (χ3v) is 6.39. The van der Waals surface area contributed by atoms with Crippen molar-refractivity contribution < 1.29 is 17.9 Å². The molecule has 0 saturated carbocycles. The van der Waals surface area contributed by atoms with Crippen LogP contribution in [0, 0.1) is 5.92 Å². The predicted molar refractivity (Wildman–Crippen MR) is 98.3 cm³/mol. The Morgan fingerprint density at radius 1 is 1.36 bits per heavy atom. The van der Waals surface area contributed by atoms with Crippen LogP contribution >= 0.6 is 11.6 Å². The van der Waals surface area contributed by atoms with E-state index in [2.05, 4.69) is 5.32 Å². The topological polar surface area (TPSA) is 75.7 Å². The number of carbonyl (C=O) groups is 1. The summed E-state index contributed by atoms with van der Waals surface area (Å²) in [6.07, 6.45) is 2.00. The van der Waals surface area contributed by atoms with Gasteiger partial charge in [0.1, 0.15) is 12.4 Å². The largest absolute Gasteiger partial charge is 0.492 e. The lowest BCUT2D eigenvalue weighted by Gasteiger charge is -2.31. The first-order valence-electron chi connectivity index (χ1n) is 8.56. The van der Waals surface area contributed by atoms with Crippen LogP contribution in [0.4, 0.5) is 0 Å². The number of sulfonamides is 1. The molecule has 1 saturated heterocycles. The third kappa shape index (κ3) is 6.17. The monoisotopic (exact) mass is 388 g/mol. The van der Waals surface area contributed by atoms with E-state index in [0.717, 1.165) is 0 Å². The van der Waals surface area contributed by atoms with Gasteiger partial charge in [0.2, 0.25) is 15.9 Å². The average molecular weight is 389 g/mol. The number of piperidine rings is 1. The summed E-state index contributed by atoms with van der Waals surface area (Å²) in [4.78, 5) is 12.3. The first-order chi connectivity index (χ1) is 11.9. The number of amides is 1. The Labute approximate surface area is 154 Å². The Morgan fingerprint density at radius 2 is 2.08 bits per heavy atom. The minimum absolute atomic E-state index is 0.115. The van der Waals surface area contributed by atoms with Crippen LogP contribution in [-0.4, -0.2) is 50.6 Å². The highest BCUT2D eigenvalue weighted by Crippen LogP contribution is 2.20. The van der Waals surface area contributed by atoms with Crippen LogP contribution in [0.25, 0.3) is 0 Å². The molecule has 0 aromatic heterocycles. The molecule has 1 N–H and O–H groups in total. The summed E-state index contributed by atoms with van der Waals surface area (Å²) in [5, 5.41) is 3.47. The van der Waals surface area contributed by atoms with Crippen LogP contribution in [-0.2, 0) is 14.8 Å². The molecule has 1 heterocycles. The molecule has 1 fully saturated rings.